The lowest BCUT2D eigenvalue weighted by Gasteiger charge is -2.43. The van der Waals surface area contributed by atoms with Crippen LogP contribution in [0.4, 0.5) is 5.82 Å². The molecule has 3 heterocycles. The molecule has 2 aliphatic heterocycles. The topological polar surface area (TPSA) is 94.9 Å². The Bertz CT molecular complexity index is 1100. The third kappa shape index (κ3) is 4.44. The number of amides is 1. The summed E-state index contributed by atoms with van der Waals surface area (Å²) in [7, 11) is 0. The van der Waals surface area contributed by atoms with Crippen molar-refractivity contribution in [3.05, 3.63) is 35.0 Å². The van der Waals surface area contributed by atoms with Gasteiger partial charge in [0, 0.05) is 22.5 Å². The highest BCUT2D eigenvalue weighted by atomic mass is 35.5. The molecule has 3 fully saturated rings. The van der Waals surface area contributed by atoms with Gasteiger partial charge < -0.3 is 20.3 Å². The predicted molar refractivity (Wildman–Crippen MR) is 132 cm³/mol. The van der Waals surface area contributed by atoms with Crippen molar-refractivity contribution < 1.29 is 19.7 Å². The average molecular weight is 488 g/mol. The monoisotopic (exact) mass is 487 g/mol. The van der Waals surface area contributed by atoms with Crippen LogP contribution in [-0.4, -0.2) is 69.6 Å². The molecule has 0 bridgehead atoms. The summed E-state index contributed by atoms with van der Waals surface area (Å²) in [5, 5.41) is 26.1. The van der Waals surface area contributed by atoms with Gasteiger partial charge in [-0.15, -0.1) is 0 Å². The zero-order valence-electron chi connectivity index (χ0n) is 20.1. The Morgan fingerprint density at radius 2 is 2.00 bits per heavy atom. The van der Waals surface area contributed by atoms with Gasteiger partial charge in [-0.2, -0.15) is 0 Å². The third-order valence-corrected chi connectivity index (χ3v) is 8.50. The number of nitrogens with zero attached hydrogens (tertiary/aromatic N) is 2. The molecule has 5 rings (SSSR count). The number of rotatable bonds is 5. The van der Waals surface area contributed by atoms with Crippen LogP contribution in [0.25, 0.3) is 10.8 Å². The van der Waals surface area contributed by atoms with Crippen LogP contribution in [0.15, 0.2) is 24.4 Å². The molecule has 8 heteroatoms. The van der Waals surface area contributed by atoms with E-state index < -0.39 is 11.7 Å². The van der Waals surface area contributed by atoms with E-state index in [-0.39, 0.29) is 23.3 Å². The van der Waals surface area contributed by atoms with E-state index in [1.807, 2.05) is 12.1 Å². The van der Waals surface area contributed by atoms with Crippen molar-refractivity contribution in [2.24, 2.45) is 11.8 Å². The molecule has 7 nitrogen and oxygen atoms in total. The minimum absolute atomic E-state index is 0.0107. The van der Waals surface area contributed by atoms with E-state index in [1.165, 1.54) is 0 Å². The molecule has 1 aromatic heterocycles. The number of aliphatic hydroxyl groups is 2. The van der Waals surface area contributed by atoms with Crippen molar-refractivity contribution in [2.45, 2.75) is 63.2 Å². The molecule has 0 radical (unpaired) electrons. The molecule has 1 aliphatic carbocycles. The molecule has 0 unspecified atom stereocenters. The highest BCUT2D eigenvalue weighted by molar-refractivity contribution is 6.32. The number of aromatic nitrogens is 1. The molecule has 4 atom stereocenters. The fraction of sp³-hybridized carbons (Fsp3) is 0.615. The van der Waals surface area contributed by atoms with Crippen LogP contribution < -0.4 is 5.32 Å². The summed E-state index contributed by atoms with van der Waals surface area (Å²) < 4.78 is 5.52. The molecule has 1 amide bonds. The number of fused-ring (bicyclic) bond motifs is 1. The lowest BCUT2D eigenvalue weighted by atomic mass is 9.85. The maximum atomic E-state index is 12.6. The van der Waals surface area contributed by atoms with Crippen molar-refractivity contribution in [2.75, 3.05) is 31.6 Å². The van der Waals surface area contributed by atoms with Crippen LogP contribution in [-0.2, 0) is 9.53 Å². The first-order valence-electron chi connectivity index (χ1n) is 12.2. The average Bonchev–Trinajstić information content (AvgIpc) is 3.54. The number of nitrogens with one attached hydrogen (secondary N) is 1. The molecular weight excluding hydrogens is 454 g/mol. The number of carbonyl (C=O) groups excluding carboxylic acids is 1. The minimum atomic E-state index is -0.847. The maximum Gasteiger partial charge on any atom is 0.229 e. The van der Waals surface area contributed by atoms with Gasteiger partial charge in [-0.3, -0.25) is 9.69 Å². The zero-order valence-corrected chi connectivity index (χ0v) is 20.8. The van der Waals surface area contributed by atoms with E-state index in [0.29, 0.717) is 31.4 Å². The van der Waals surface area contributed by atoms with Gasteiger partial charge in [-0.25, -0.2) is 4.98 Å². The fourth-order valence-corrected chi connectivity index (χ4v) is 6.03. The van der Waals surface area contributed by atoms with Crippen molar-refractivity contribution in [1.29, 1.82) is 0 Å². The molecule has 3 N–H and O–H groups in total. The van der Waals surface area contributed by atoms with Gasteiger partial charge in [0.25, 0.3) is 0 Å². The van der Waals surface area contributed by atoms with Crippen molar-refractivity contribution in [3.63, 3.8) is 0 Å². The highest BCUT2D eigenvalue weighted by Gasteiger charge is 2.51. The molecule has 34 heavy (non-hydrogen) atoms. The molecule has 0 spiro atoms. The SMILES string of the molecule is CC(C)(O)[C@H]1C[C@@H]1C(=O)Nc1cc2cc(C3CCN([C@@]4(C)COC[C@H]4O)CC3)c(Cl)cc2cn1. The smallest absolute Gasteiger partial charge is 0.229 e. The second-order valence-corrected chi connectivity index (χ2v) is 11.4. The lowest BCUT2D eigenvalue weighted by molar-refractivity contribution is -0.118. The number of piperidine rings is 1. The molecule has 2 saturated heterocycles. The number of likely N-dealkylation sites (tertiary alicyclic amines) is 1. The quantitative estimate of drug-likeness (QED) is 0.597. The first-order valence-corrected chi connectivity index (χ1v) is 12.6. The molecule has 1 saturated carbocycles. The minimum Gasteiger partial charge on any atom is -0.390 e. The third-order valence-electron chi connectivity index (χ3n) is 8.17. The number of hydrogen-bond donors (Lipinski definition) is 3. The summed E-state index contributed by atoms with van der Waals surface area (Å²) >= 11 is 6.69. The van der Waals surface area contributed by atoms with Gasteiger partial charge in [0.05, 0.1) is 30.5 Å². The number of aliphatic hydroxyl groups excluding tert-OH is 1. The summed E-state index contributed by atoms with van der Waals surface area (Å²) in [6.07, 6.45) is 3.91. The van der Waals surface area contributed by atoms with Crippen LogP contribution in [0.2, 0.25) is 5.02 Å². The Morgan fingerprint density at radius 3 is 2.62 bits per heavy atom. The number of ether oxygens (including phenoxy) is 1. The van der Waals surface area contributed by atoms with Crippen LogP contribution >= 0.6 is 11.6 Å². The van der Waals surface area contributed by atoms with Crippen LogP contribution in [0.1, 0.15) is 51.5 Å². The van der Waals surface area contributed by atoms with Gasteiger partial charge in [0.15, 0.2) is 0 Å². The number of carbonyl (C=O) groups is 1. The first kappa shape index (κ1) is 23.9. The summed E-state index contributed by atoms with van der Waals surface area (Å²) in [6.45, 7) is 8.32. The fourth-order valence-electron chi connectivity index (χ4n) is 5.71. The van der Waals surface area contributed by atoms with E-state index in [0.717, 1.165) is 47.3 Å². The van der Waals surface area contributed by atoms with E-state index >= 15 is 0 Å². The van der Waals surface area contributed by atoms with E-state index in [2.05, 4.69) is 28.2 Å². The number of halogens is 1. The highest BCUT2D eigenvalue weighted by Crippen LogP contribution is 2.47. The molecule has 3 aliphatic rings. The summed E-state index contributed by atoms with van der Waals surface area (Å²) in [5.41, 5.74) is -0.0433. The van der Waals surface area contributed by atoms with E-state index in [4.69, 9.17) is 16.3 Å². The lowest BCUT2D eigenvalue weighted by Crippen LogP contribution is -2.56. The van der Waals surface area contributed by atoms with Crippen LogP contribution in [0, 0.1) is 11.8 Å². The Hall–Kier alpha value is -1.77. The maximum absolute atomic E-state index is 12.6. The predicted octanol–water partition coefficient (Wildman–Crippen LogP) is 3.56. The normalized spacial score (nSPS) is 30.6. The first-order chi connectivity index (χ1) is 16.1. The standard InChI is InChI=1S/C26H34ClN3O4/c1-25(2,33)20-11-19(20)24(32)29-23-10-16-8-18(21(27)9-17(16)12-28-23)15-4-6-30(7-5-15)26(3)14-34-13-22(26)31/h8-10,12,15,19-20,22,31,33H,4-7,11,13-14H2,1-3H3,(H,28,29,32)/t19-,20-,22+,26-/m0/s1. The summed E-state index contributed by atoms with van der Waals surface area (Å²) in [4.78, 5) is 19.4. The summed E-state index contributed by atoms with van der Waals surface area (Å²) in [6, 6.07) is 5.98. The van der Waals surface area contributed by atoms with Gasteiger partial charge in [-0.1, -0.05) is 11.6 Å². The molecule has 184 valence electrons. The second kappa shape index (κ2) is 8.71. The number of anilines is 1. The van der Waals surface area contributed by atoms with Crippen molar-refractivity contribution >= 4 is 34.1 Å². The Labute approximate surface area is 205 Å². The van der Waals surface area contributed by atoms with Gasteiger partial charge in [0.1, 0.15) is 5.82 Å². The summed E-state index contributed by atoms with van der Waals surface area (Å²) in [5.74, 6) is 0.580. The second-order valence-electron chi connectivity index (χ2n) is 11.0. The van der Waals surface area contributed by atoms with E-state index in [9.17, 15) is 15.0 Å². The molecule has 2 aromatic rings. The van der Waals surface area contributed by atoms with E-state index in [1.54, 1.807) is 20.0 Å². The Balaban J connectivity index is 1.29. The zero-order chi connectivity index (χ0) is 24.3. The Morgan fingerprint density at radius 1 is 1.26 bits per heavy atom. The van der Waals surface area contributed by atoms with Crippen molar-refractivity contribution in [3.8, 4) is 0 Å². The van der Waals surface area contributed by atoms with Crippen molar-refractivity contribution in [1.82, 2.24) is 9.88 Å². The van der Waals surface area contributed by atoms with Gasteiger partial charge in [0.2, 0.25) is 5.91 Å². The van der Waals surface area contributed by atoms with Crippen LogP contribution in [0.3, 0.4) is 0 Å². The number of benzene rings is 1. The van der Waals surface area contributed by atoms with Gasteiger partial charge >= 0.3 is 0 Å². The number of hydrogen-bond acceptors (Lipinski definition) is 6. The molecular formula is C26H34ClN3O4. The molecule has 1 aromatic carbocycles. The van der Waals surface area contributed by atoms with Gasteiger partial charge in [-0.05, 0) is 94.1 Å². The number of pyridine rings is 1. The van der Waals surface area contributed by atoms with Crippen LogP contribution in [0.5, 0.6) is 0 Å². The largest absolute Gasteiger partial charge is 0.390 e. The Kier molecular flexibility index (Phi) is 6.14.